The lowest BCUT2D eigenvalue weighted by Crippen LogP contribution is -2.48. The molecule has 1 aromatic rings. The van der Waals surface area contributed by atoms with Gasteiger partial charge in [0, 0.05) is 19.0 Å². The fraction of sp³-hybridized carbons (Fsp3) is 0.588. The molecular formula is C17H23ClFNO3. The molecule has 0 saturated carbocycles. The standard InChI is InChI=1S/C17H23ClFNO3/c1-17(2,3)23-16(22)20-7-6-15(21)12(10-20)8-11-4-5-13(18)14(19)9-11/h4-5,9,12,15,21H,6-8,10H2,1-3H3. The topological polar surface area (TPSA) is 49.8 Å². The molecule has 1 heterocycles. The zero-order chi connectivity index (χ0) is 17.2. The van der Waals surface area contributed by atoms with Crippen LogP contribution in [0.4, 0.5) is 9.18 Å². The molecule has 0 radical (unpaired) electrons. The monoisotopic (exact) mass is 343 g/mol. The predicted octanol–water partition coefficient (Wildman–Crippen LogP) is 3.64. The van der Waals surface area contributed by atoms with Crippen LogP contribution in [0.15, 0.2) is 18.2 Å². The van der Waals surface area contributed by atoms with Crippen LogP contribution >= 0.6 is 11.6 Å². The first-order chi connectivity index (χ1) is 10.7. The Bertz CT molecular complexity index is 573. The summed E-state index contributed by atoms with van der Waals surface area (Å²) in [4.78, 5) is 13.8. The Labute approximate surface area is 141 Å². The Morgan fingerprint density at radius 3 is 2.78 bits per heavy atom. The highest BCUT2D eigenvalue weighted by atomic mass is 35.5. The first-order valence-corrected chi connectivity index (χ1v) is 8.13. The van der Waals surface area contributed by atoms with E-state index in [0.29, 0.717) is 25.9 Å². The predicted molar refractivity (Wildman–Crippen MR) is 87.0 cm³/mol. The summed E-state index contributed by atoms with van der Waals surface area (Å²) in [7, 11) is 0. The molecule has 4 nitrogen and oxygen atoms in total. The number of piperidine rings is 1. The summed E-state index contributed by atoms with van der Waals surface area (Å²) in [5.41, 5.74) is 0.198. The van der Waals surface area contributed by atoms with Crippen molar-refractivity contribution in [3.8, 4) is 0 Å². The molecule has 1 fully saturated rings. The molecule has 23 heavy (non-hydrogen) atoms. The molecule has 0 bridgehead atoms. The Hall–Kier alpha value is -1.33. The summed E-state index contributed by atoms with van der Waals surface area (Å²) < 4.78 is 18.9. The van der Waals surface area contributed by atoms with E-state index in [0.717, 1.165) is 5.56 Å². The molecule has 2 unspecified atom stereocenters. The largest absolute Gasteiger partial charge is 0.444 e. The third-order valence-electron chi connectivity index (χ3n) is 3.83. The molecule has 1 aliphatic rings. The van der Waals surface area contributed by atoms with Gasteiger partial charge in [-0.25, -0.2) is 9.18 Å². The summed E-state index contributed by atoms with van der Waals surface area (Å²) in [6.07, 6.45) is 0.0678. The minimum atomic E-state index is -0.554. The van der Waals surface area contributed by atoms with Crippen molar-refractivity contribution in [2.45, 2.75) is 45.3 Å². The van der Waals surface area contributed by atoms with Crippen LogP contribution in [-0.2, 0) is 11.2 Å². The van der Waals surface area contributed by atoms with Crippen molar-refractivity contribution in [1.82, 2.24) is 4.90 Å². The Morgan fingerprint density at radius 1 is 1.48 bits per heavy atom. The fourth-order valence-corrected chi connectivity index (χ4v) is 2.80. The van der Waals surface area contributed by atoms with Crippen molar-refractivity contribution in [2.24, 2.45) is 5.92 Å². The first kappa shape index (κ1) is 18.0. The average molecular weight is 344 g/mol. The van der Waals surface area contributed by atoms with Gasteiger partial charge in [0.1, 0.15) is 11.4 Å². The highest BCUT2D eigenvalue weighted by Crippen LogP contribution is 2.25. The zero-order valence-corrected chi connectivity index (χ0v) is 14.4. The average Bonchev–Trinajstić information content (AvgIpc) is 2.43. The maximum Gasteiger partial charge on any atom is 0.410 e. The van der Waals surface area contributed by atoms with E-state index in [2.05, 4.69) is 0 Å². The minimum Gasteiger partial charge on any atom is -0.444 e. The number of nitrogens with zero attached hydrogens (tertiary/aromatic N) is 1. The van der Waals surface area contributed by atoms with Crippen molar-refractivity contribution in [3.05, 3.63) is 34.6 Å². The number of benzene rings is 1. The maximum atomic E-state index is 13.5. The van der Waals surface area contributed by atoms with Gasteiger partial charge in [-0.05, 0) is 51.3 Å². The number of ether oxygens (including phenoxy) is 1. The molecule has 1 saturated heterocycles. The van der Waals surface area contributed by atoms with E-state index in [-0.39, 0.29) is 17.0 Å². The molecule has 2 rings (SSSR count). The number of likely N-dealkylation sites (tertiary alicyclic amines) is 1. The van der Waals surface area contributed by atoms with Gasteiger partial charge in [-0.3, -0.25) is 0 Å². The second-order valence-corrected chi connectivity index (χ2v) is 7.40. The lowest BCUT2D eigenvalue weighted by molar-refractivity contribution is -0.00825. The number of amides is 1. The van der Waals surface area contributed by atoms with Crippen molar-refractivity contribution in [2.75, 3.05) is 13.1 Å². The number of carbonyl (C=O) groups is 1. The molecule has 1 aliphatic heterocycles. The molecule has 0 spiro atoms. The van der Waals surface area contributed by atoms with E-state index in [1.165, 1.54) is 12.1 Å². The van der Waals surface area contributed by atoms with Gasteiger partial charge in [0.2, 0.25) is 0 Å². The molecule has 2 atom stereocenters. The van der Waals surface area contributed by atoms with Gasteiger partial charge in [-0.15, -0.1) is 0 Å². The van der Waals surface area contributed by atoms with Gasteiger partial charge in [0.25, 0.3) is 0 Å². The fourth-order valence-electron chi connectivity index (χ4n) is 2.68. The van der Waals surface area contributed by atoms with Crippen LogP contribution in [0.25, 0.3) is 0 Å². The molecule has 1 amide bonds. The second kappa shape index (κ2) is 7.05. The van der Waals surface area contributed by atoms with E-state index in [4.69, 9.17) is 16.3 Å². The molecule has 1 N–H and O–H groups in total. The van der Waals surface area contributed by atoms with Crippen molar-refractivity contribution in [1.29, 1.82) is 0 Å². The molecule has 128 valence electrons. The third kappa shape index (κ3) is 5.08. The van der Waals surface area contributed by atoms with Crippen molar-refractivity contribution < 1.29 is 19.0 Å². The minimum absolute atomic E-state index is 0.0772. The number of hydrogen-bond donors (Lipinski definition) is 1. The molecule has 0 aromatic heterocycles. The summed E-state index contributed by atoms with van der Waals surface area (Å²) in [5.74, 6) is -0.629. The summed E-state index contributed by atoms with van der Waals surface area (Å²) in [6.45, 7) is 6.30. The number of rotatable bonds is 2. The van der Waals surface area contributed by atoms with Gasteiger partial charge in [-0.1, -0.05) is 17.7 Å². The van der Waals surface area contributed by atoms with Gasteiger partial charge in [-0.2, -0.15) is 0 Å². The second-order valence-electron chi connectivity index (χ2n) is 7.00. The van der Waals surface area contributed by atoms with E-state index < -0.39 is 17.5 Å². The van der Waals surface area contributed by atoms with E-state index in [1.54, 1.807) is 11.0 Å². The van der Waals surface area contributed by atoms with E-state index in [1.807, 2.05) is 20.8 Å². The van der Waals surface area contributed by atoms with Crippen LogP contribution in [-0.4, -0.2) is 40.9 Å². The lowest BCUT2D eigenvalue weighted by Gasteiger charge is -2.37. The summed E-state index contributed by atoms with van der Waals surface area (Å²) >= 11 is 5.68. The Kier molecular flexibility index (Phi) is 5.53. The van der Waals surface area contributed by atoms with Crippen molar-refractivity contribution >= 4 is 17.7 Å². The Morgan fingerprint density at radius 2 is 2.17 bits per heavy atom. The first-order valence-electron chi connectivity index (χ1n) is 7.75. The number of aliphatic hydroxyl groups excluding tert-OH is 1. The molecule has 0 aliphatic carbocycles. The highest BCUT2D eigenvalue weighted by molar-refractivity contribution is 6.30. The van der Waals surface area contributed by atoms with E-state index >= 15 is 0 Å². The van der Waals surface area contributed by atoms with Crippen LogP contribution in [0.2, 0.25) is 5.02 Å². The van der Waals surface area contributed by atoms with Crippen LogP contribution in [0.5, 0.6) is 0 Å². The normalized spacial score (nSPS) is 22.1. The van der Waals surface area contributed by atoms with Gasteiger partial charge in [0.15, 0.2) is 0 Å². The molecule has 1 aromatic carbocycles. The smallest absolute Gasteiger partial charge is 0.410 e. The number of carbonyl (C=O) groups excluding carboxylic acids is 1. The van der Waals surface area contributed by atoms with Gasteiger partial charge < -0.3 is 14.7 Å². The quantitative estimate of drug-likeness (QED) is 0.892. The number of aliphatic hydroxyl groups is 1. The Balaban J connectivity index is 2.03. The summed E-state index contributed by atoms with van der Waals surface area (Å²) in [6, 6.07) is 4.62. The van der Waals surface area contributed by atoms with Crippen LogP contribution < -0.4 is 0 Å². The number of hydrogen-bond acceptors (Lipinski definition) is 3. The zero-order valence-electron chi connectivity index (χ0n) is 13.7. The maximum absolute atomic E-state index is 13.5. The van der Waals surface area contributed by atoms with Gasteiger partial charge >= 0.3 is 6.09 Å². The van der Waals surface area contributed by atoms with E-state index in [9.17, 15) is 14.3 Å². The van der Waals surface area contributed by atoms with Crippen LogP contribution in [0, 0.1) is 11.7 Å². The van der Waals surface area contributed by atoms with Crippen LogP contribution in [0.1, 0.15) is 32.8 Å². The van der Waals surface area contributed by atoms with Crippen LogP contribution in [0.3, 0.4) is 0 Å². The molecule has 6 heteroatoms. The molecular weight excluding hydrogens is 321 g/mol. The third-order valence-corrected chi connectivity index (χ3v) is 4.13. The van der Waals surface area contributed by atoms with Crippen molar-refractivity contribution in [3.63, 3.8) is 0 Å². The highest BCUT2D eigenvalue weighted by Gasteiger charge is 2.32. The lowest BCUT2D eigenvalue weighted by atomic mass is 9.89. The SMILES string of the molecule is CC(C)(C)OC(=O)N1CCC(O)C(Cc2ccc(Cl)c(F)c2)C1. The van der Waals surface area contributed by atoms with Gasteiger partial charge in [0.05, 0.1) is 11.1 Å². The summed E-state index contributed by atoms with van der Waals surface area (Å²) in [5, 5.41) is 10.3. The number of halogens is 2.